The quantitative estimate of drug-likeness (QED) is 0.801. The van der Waals surface area contributed by atoms with Gasteiger partial charge in [-0.1, -0.05) is 25.0 Å². The summed E-state index contributed by atoms with van der Waals surface area (Å²) in [5.74, 6) is 0. The first-order valence-electron chi connectivity index (χ1n) is 6.02. The second-order valence-electron chi connectivity index (χ2n) is 4.73. The Kier molecular flexibility index (Phi) is 2.35. The molecule has 0 radical (unpaired) electrons. The van der Waals surface area contributed by atoms with E-state index in [4.69, 9.17) is 5.73 Å². The molecule has 0 bridgehead atoms. The van der Waals surface area contributed by atoms with Crippen LogP contribution in [0.2, 0.25) is 0 Å². The topological polar surface area (TPSA) is 56.7 Å². The van der Waals surface area contributed by atoms with Gasteiger partial charge in [-0.15, -0.1) is 10.2 Å². The number of benzene rings is 1. The van der Waals surface area contributed by atoms with Gasteiger partial charge in [0.1, 0.15) is 12.7 Å². The molecule has 2 aromatic rings. The summed E-state index contributed by atoms with van der Waals surface area (Å²) in [5, 5.41) is 7.89. The first kappa shape index (κ1) is 10.3. The lowest BCUT2D eigenvalue weighted by atomic mass is 9.88. The number of nitrogens with two attached hydrogens (primary N) is 1. The van der Waals surface area contributed by atoms with E-state index in [9.17, 15) is 0 Å². The van der Waals surface area contributed by atoms with Gasteiger partial charge in [0.25, 0.3) is 0 Å². The van der Waals surface area contributed by atoms with E-state index in [0.29, 0.717) is 0 Å². The van der Waals surface area contributed by atoms with Crippen molar-refractivity contribution in [2.75, 3.05) is 5.73 Å². The minimum atomic E-state index is 0.0389. The van der Waals surface area contributed by atoms with Crippen LogP contribution in [0.1, 0.15) is 31.2 Å². The minimum absolute atomic E-state index is 0.0389. The highest BCUT2D eigenvalue weighted by atomic mass is 15.3. The van der Waals surface area contributed by atoms with Crippen molar-refractivity contribution in [3.63, 3.8) is 0 Å². The summed E-state index contributed by atoms with van der Waals surface area (Å²) in [6, 6.07) is 8.20. The average Bonchev–Trinajstić information content (AvgIpc) is 3.01. The van der Waals surface area contributed by atoms with Crippen LogP contribution in [0, 0.1) is 0 Å². The molecule has 1 aromatic carbocycles. The maximum Gasteiger partial charge on any atom is 0.120 e. The third-order valence-corrected chi connectivity index (χ3v) is 3.79. The Balaban J connectivity index is 2.09. The molecule has 1 aliphatic carbocycles. The van der Waals surface area contributed by atoms with E-state index in [-0.39, 0.29) is 5.54 Å². The predicted molar refractivity (Wildman–Crippen MR) is 66.4 cm³/mol. The van der Waals surface area contributed by atoms with E-state index in [1.54, 1.807) is 0 Å². The highest BCUT2D eigenvalue weighted by Crippen LogP contribution is 2.42. The van der Waals surface area contributed by atoms with Crippen molar-refractivity contribution < 1.29 is 0 Å². The second kappa shape index (κ2) is 3.87. The Bertz CT molecular complexity index is 481. The maximum atomic E-state index is 5.76. The summed E-state index contributed by atoms with van der Waals surface area (Å²) in [7, 11) is 0. The number of rotatable bonds is 2. The van der Waals surface area contributed by atoms with Crippen LogP contribution < -0.4 is 5.73 Å². The zero-order chi connectivity index (χ0) is 11.7. The molecule has 0 spiro atoms. The fourth-order valence-corrected chi connectivity index (χ4v) is 2.87. The van der Waals surface area contributed by atoms with Gasteiger partial charge in [-0.2, -0.15) is 0 Å². The van der Waals surface area contributed by atoms with Crippen molar-refractivity contribution in [2.45, 2.75) is 31.2 Å². The molecule has 0 aliphatic heterocycles. The summed E-state index contributed by atoms with van der Waals surface area (Å²) in [4.78, 5) is 0. The highest BCUT2D eigenvalue weighted by Gasteiger charge is 2.37. The lowest BCUT2D eigenvalue weighted by Gasteiger charge is -2.30. The summed E-state index contributed by atoms with van der Waals surface area (Å²) < 4.78 is 2.14. The van der Waals surface area contributed by atoms with E-state index in [1.165, 1.54) is 18.4 Å². The van der Waals surface area contributed by atoms with Crippen LogP contribution >= 0.6 is 0 Å². The lowest BCUT2D eigenvalue weighted by Crippen LogP contribution is -2.30. The molecule has 88 valence electrons. The summed E-state index contributed by atoms with van der Waals surface area (Å²) >= 11 is 0. The molecule has 0 unspecified atom stereocenters. The largest absolute Gasteiger partial charge is 0.399 e. The van der Waals surface area contributed by atoms with Crippen molar-refractivity contribution in [3.8, 4) is 0 Å². The number of nitrogen functional groups attached to an aromatic ring is 1. The fourth-order valence-electron chi connectivity index (χ4n) is 2.87. The number of anilines is 1. The summed E-state index contributed by atoms with van der Waals surface area (Å²) in [5.41, 5.74) is 7.91. The Labute approximate surface area is 100 Å². The molecular formula is C13H16N4. The van der Waals surface area contributed by atoms with Crippen LogP contribution in [-0.2, 0) is 5.54 Å². The zero-order valence-electron chi connectivity index (χ0n) is 9.71. The van der Waals surface area contributed by atoms with Gasteiger partial charge in [0.2, 0.25) is 0 Å². The molecule has 2 N–H and O–H groups in total. The molecule has 1 aromatic heterocycles. The van der Waals surface area contributed by atoms with Gasteiger partial charge in [-0.05, 0) is 30.5 Å². The molecule has 1 saturated carbocycles. The van der Waals surface area contributed by atoms with Crippen molar-refractivity contribution in [1.82, 2.24) is 14.8 Å². The Morgan fingerprint density at radius 2 is 1.59 bits per heavy atom. The van der Waals surface area contributed by atoms with E-state index >= 15 is 0 Å². The second-order valence-corrected chi connectivity index (χ2v) is 4.73. The molecule has 0 amide bonds. The minimum Gasteiger partial charge on any atom is -0.399 e. The molecule has 1 fully saturated rings. The number of hydrogen-bond donors (Lipinski definition) is 1. The van der Waals surface area contributed by atoms with E-state index in [2.05, 4.69) is 26.9 Å². The molecule has 4 nitrogen and oxygen atoms in total. The normalized spacial score (nSPS) is 18.4. The Morgan fingerprint density at radius 1 is 1.00 bits per heavy atom. The van der Waals surface area contributed by atoms with Crippen molar-refractivity contribution in [2.24, 2.45) is 0 Å². The van der Waals surface area contributed by atoms with Crippen LogP contribution in [0.4, 0.5) is 5.69 Å². The van der Waals surface area contributed by atoms with Gasteiger partial charge in [0, 0.05) is 5.69 Å². The van der Waals surface area contributed by atoms with Gasteiger partial charge in [0.05, 0.1) is 5.54 Å². The number of nitrogens with zero attached hydrogens (tertiary/aromatic N) is 3. The first-order chi connectivity index (χ1) is 8.31. The van der Waals surface area contributed by atoms with Crippen LogP contribution in [0.25, 0.3) is 0 Å². The highest BCUT2D eigenvalue weighted by molar-refractivity contribution is 5.42. The van der Waals surface area contributed by atoms with Crippen LogP contribution in [-0.4, -0.2) is 14.8 Å². The first-order valence-corrected chi connectivity index (χ1v) is 6.02. The molecule has 0 saturated heterocycles. The molecule has 17 heavy (non-hydrogen) atoms. The van der Waals surface area contributed by atoms with Crippen LogP contribution in [0.15, 0.2) is 36.9 Å². The van der Waals surface area contributed by atoms with E-state index in [0.717, 1.165) is 18.5 Å². The standard InChI is InChI=1S/C13H16N4/c14-12-5-3-11(4-6-12)13(7-1-2-8-13)17-9-15-16-10-17/h3-6,9-10H,1-2,7-8,14H2. The molecule has 1 aliphatic rings. The van der Waals surface area contributed by atoms with Crippen LogP contribution in [0.5, 0.6) is 0 Å². The average molecular weight is 228 g/mol. The van der Waals surface area contributed by atoms with E-state index in [1.807, 2.05) is 24.8 Å². The molecule has 0 atom stereocenters. The van der Waals surface area contributed by atoms with Crippen molar-refractivity contribution in [1.29, 1.82) is 0 Å². The molecular weight excluding hydrogens is 212 g/mol. The fraction of sp³-hybridized carbons (Fsp3) is 0.385. The van der Waals surface area contributed by atoms with Crippen LogP contribution in [0.3, 0.4) is 0 Å². The summed E-state index contributed by atoms with van der Waals surface area (Å²) in [6.45, 7) is 0. The van der Waals surface area contributed by atoms with Gasteiger partial charge in [0.15, 0.2) is 0 Å². The molecule has 4 heteroatoms. The monoisotopic (exact) mass is 228 g/mol. The number of aromatic nitrogens is 3. The van der Waals surface area contributed by atoms with Gasteiger partial charge >= 0.3 is 0 Å². The molecule has 3 rings (SSSR count). The van der Waals surface area contributed by atoms with Gasteiger partial charge < -0.3 is 10.3 Å². The third-order valence-electron chi connectivity index (χ3n) is 3.79. The predicted octanol–water partition coefficient (Wildman–Crippen LogP) is 2.18. The smallest absolute Gasteiger partial charge is 0.120 e. The van der Waals surface area contributed by atoms with Gasteiger partial charge in [-0.3, -0.25) is 0 Å². The third kappa shape index (κ3) is 1.60. The van der Waals surface area contributed by atoms with E-state index < -0.39 is 0 Å². The SMILES string of the molecule is Nc1ccc(C2(n3cnnc3)CCCC2)cc1. The van der Waals surface area contributed by atoms with Crippen molar-refractivity contribution >= 4 is 5.69 Å². The summed E-state index contributed by atoms with van der Waals surface area (Å²) in [6.07, 6.45) is 8.44. The zero-order valence-corrected chi connectivity index (χ0v) is 9.71. The number of hydrogen-bond acceptors (Lipinski definition) is 3. The molecule has 1 heterocycles. The maximum absolute atomic E-state index is 5.76. The van der Waals surface area contributed by atoms with Crippen molar-refractivity contribution in [3.05, 3.63) is 42.5 Å². The lowest BCUT2D eigenvalue weighted by molar-refractivity contribution is 0.364. The Hall–Kier alpha value is -1.84. The Morgan fingerprint density at radius 3 is 2.18 bits per heavy atom. The van der Waals surface area contributed by atoms with Gasteiger partial charge in [-0.25, -0.2) is 0 Å².